The van der Waals surface area contributed by atoms with E-state index in [-0.39, 0.29) is 5.38 Å². The van der Waals surface area contributed by atoms with Crippen molar-refractivity contribution in [3.8, 4) is 5.75 Å². The highest BCUT2D eigenvalue weighted by Crippen LogP contribution is 2.30. The predicted octanol–water partition coefficient (Wildman–Crippen LogP) is 3.66. The van der Waals surface area contributed by atoms with Gasteiger partial charge in [0.2, 0.25) is 0 Å². The smallest absolute Gasteiger partial charge is 0.138 e. The van der Waals surface area contributed by atoms with E-state index in [1.807, 2.05) is 19.2 Å². The largest absolute Gasteiger partial charge is 0.492 e. The molecule has 2 nitrogen and oxygen atoms in total. The lowest BCUT2D eigenvalue weighted by Crippen LogP contribution is -2.03. The molecule has 2 rings (SSSR count). The van der Waals surface area contributed by atoms with Gasteiger partial charge < -0.3 is 4.74 Å². The van der Waals surface area contributed by atoms with E-state index in [2.05, 4.69) is 11.1 Å². The summed E-state index contributed by atoms with van der Waals surface area (Å²) in [6.07, 6.45) is 9.07. The summed E-state index contributed by atoms with van der Waals surface area (Å²) in [7, 11) is 0. The summed E-state index contributed by atoms with van der Waals surface area (Å²) in [5, 5.41) is 0.166. The van der Waals surface area contributed by atoms with E-state index in [4.69, 9.17) is 16.3 Å². The van der Waals surface area contributed by atoms with Gasteiger partial charge in [-0.25, -0.2) is 0 Å². The number of nitrogens with zero attached hydrogens (tertiary/aromatic N) is 1. The molecule has 0 aromatic carbocycles. The Labute approximate surface area is 101 Å². The molecule has 0 bridgehead atoms. The Balaban J connectivity index is 2.22. The van der Waals surface area contributed by atoms with Crippen LogP contribution >= 0.6 is 11.6 Å². The minimum atomic E-state index is 0.166. The molecule has 0 radical (unpaired) electrons. The average Bonchev–Trinajstić information content (AvgIpc) is 2.30. The molecule has 16 heavy (non-hydrogen) atoms. The maximum Gasteiger partial charge on any atom is 0.138 e. The number of halogens is 1. The van der Waals surface area contributed by atoms with Gasteiger partial charge in [0.1, 0.15) is 5.75 Å². The molecule has 1 aliphatic rings. The second-order valence-electron chi connectivity index (χ2n) is 3.94. The van der Waals surface area contributed by atoms with Gasteiger partial charge in [-0.2, -0.15) is 0 Å². The average molecular weight is 238 g/mol. The van der Waals surface area contributed by atoms with Crippen molar-refractivity contribution in [2.75, 3.05) is 6.61 Å². The van der Waals surface area contributed by atoms with E-state index in [0.717, 1.165) is 30.6 Å². The highest BCUT2D eigenvalue weighted by Gasteiger charge is 2.13. The topological polar surface area (TPSA) is 22.1 Å². The lowest BCUT2D eigenvalue weighted by atomic mass is 9.94. The number of aromatic nitrogens is 1. The summed E-state index contributed by atoms with van der Waals surface area (Å²) in [6.45, 7) is 2.64. The Kier molecular flexibility index (Phi) is 3.83. The molecule has 1 heterocycles. The number of rotatable bonds is 3. The molecule has 1 unspecified atom stereocenters. The van der Waals surface area contributed by atoms with Crippen LogP contribution in [0.5, 0.6) is 5.75 Å². The molecule has 0 amide bonds. The Bertz CT molecular complexity index is 389. The molecular formula is C13H16ClNO. The van der Waals surface area contributed by atoms with Gasteiger partial charge in [-0.3, -0.25) is 4.98 Å². The first kappa shape index (κ1) is 11.5. The van der Waals surface area contributed by atoms with Gasteiger partial charge in [-0.1, -0.05) is 6.08 Å². The lowest BCUT2D eigenvalue weighted by molar-refractivity contribution is 0.338. The standard InChI is InChI=1S/C13H16ClNO/c1-2-16-13-7-11(8-15-9-13)10-4-3-5-12(14)6-10/h6-9,12H,2-5H2,1H3. The summed E-state index contributed by atoms with van der Waals surface area (Å²) in [4.78, 5) is 4.19. The number of hydrogen-bond acceptors (Lipinski definition) is 2. The summed E-state index contributed by atoms with van der Waals surface area (Å²) in [6, 6.07) is 2.04. The van der Waals surface area contributed by atoms with Crippen molar-refractivity contribution >= 4 is 17.2 Å². The Morgan fingerprint density at radius 3 is 3.12 bits per heavy atom. The molecule has 1 aromatic heterocycles. The second kappa shape index (κ2) is 5.35. The van der Waals surface area contributed by atoms with Crippen LogP contribution in [0.15, 0.2) is 24.5 Å². The summed E-state index contributed by atoms with van der Waals surface area (Å²) >= 11 is 6.13. The van der Waals surface area contributed by atoms with Crippen molar-refractivity contribution in [2.24, 2.45) is 0 Å². The monoisotopic (exact) mass is 237 g/mol. The third-order valence-corrected chi connectivity index (χ3v) is 3.05. The van der Waals surface area contributed by atoms with Crippen LogP contribution in [0.2, 0.25) is 0 Å². The van der Waals surface area contributed by atoms with Crippen LogP contribution in [0.1, 0.15) is 31.7 Å². The van der Waals surface area contributed by atoms with Gasteiger partial charge >= 0.3 is 0 Å². The van der Waals surface area contributed by atoms with Gasteiger partial charge in [0.25, 0.3) is 0 Å². The van der Waals surface area contributed by atoms with Gasteiger partial charge in [0, 0.05) is 6.20 Å². The Morgan fingerprint density at radius 1 is 1.50 bits per heavy atom. The van der Waals surface area contributed by atoms with E-state index in [9.17, 15) is 0 Å². The van der Waals surface area contributed by atoms with Crippen LogP contribution in [0.4, 0.5) is 0 Å². The molecule has 0 spiro atoms. The number of ether oxygens (including phenoxy) is 1. The second-order valence-corrected chi connectivity index (χ2v) is 4.50. The Morgan fingerprint density at radius 2 is 2.38 bits per heavy atom. The quantitative estimate of drug-likeness (QED) is 0.749. The van der Waals surface area contributed by atoms with Crippen LogP contribution in [0, 0.1) is 0 Å². The van der Waals surface area contributed by atoms with Crippen molar-refractivity contribution in [1.82, 2.24) is 4.98 Å². The summed E-state index contributed by atoms with van der Waals surface area (Å²) < 4.78 is 5.44. The van der Waals surface area contributed by atoms with E-state index in [0.29, 0.717) is 6.61 Å². The van der Waals surface area contributed by atoms with Crippen LogP contribution < -0.4 is 4.74 Å². The zero-order valence-corrected chi connectivity index (χ0v) is 10.2. The normalized spacial score (nSPS) is 20.4. The number of allylic oxidation sites excluding steroid dienone is 2. The third-order valence-electron chi connectivity index (χ3n) is 2.70. The molecule has 1 aliphatic carbocycles. The van der Waals surface area contributed by atoms with Gasteiger partial charge in [0.15, 0.2) is 0 Å². The minimum Gasteiger partial charge on any atom is -0.492 e. The minimum absolute atomic E-state index is 0.166. The highest BCUT2D eigenvalue weighted by molar-refractivity contribution is 6.22. The first-order valence-corrected chi connectivity index (χ1v) is 6.16. The van der Waals surface area contributed by atoms with E-state index >= 15 is 0 Å². The lowest BCUT2D eigenvalue weighted by Gasteiger charge is -2.16. The Hall–Kier alpha value is -1.02. The first-order valence-electron chi connectivity index (χ1n) is 5.72. The first-order chi connectivity index (χ1) is 7.79. The SMILES string of the molecule is CCOc1cncc(C2=CC(Cl)CCC2)c1. The highest BCUT2D eigenvalue weighted by atomic mass is 35.5. The van der Waals surface area contributed by atoms with Crippen LogP contribution in [-0.4, -0.2) is 17.0 Å². The van der Waals surface area contributed by atoms with Crippen molar-refractivity contribution in [3.63, 3.8) is 0 Å². The predicted molar refractivity (Wildman–Crippen MR) is 66.9 cm³/mol. The van der Waals surface area contributed by atoms with Crippen molar-refractivity contribution < 1.29 is 4.74 Å². The zero-order chi connectivity index (χ0) is 11.4. The third kappa shape index (κ3) is 2.76. The maximum atomic E-state index is 6.13. The molecule has 86 valence electrons. The van der Waals surface area contributed by atoms with E-state index in [1.54, 1.807) is 6.20 Å². The van der Waals surface area contributed by atoms with Crippen molar-refractivity contribution in [3.05, 3.63) is 30.1 Å². The molecule has 0 saturated carbocycles. The van der Waals surface area contributed by atoms with E-state index < -0.39 is 0 Å². The zero-order valence-electron chi connectivity index (χ0n) is 9.45. The molecular weight excluding hydrogens is 222 g/mol. The fraction of sp³-hybridized carbons (Fsp3) is 0.462. The number of hydrogen-bond donors (Lipinski definition) is 0. The summed E-state index contributed by atoms with van der Waals surface area (Å²) in [5.41, 5.74) is 2.43. The molecule has 0 fully saturated rings. The fourth-order valence-electron chi connectivity index (χ4n) is 1.95. The molecule has 0 aliphatic heterocycles. The molecule has 0 N–H and O–H groups in total. The number of alkyl halides is 1. The molecule has 1 aromatic rings. The molecule has 0 saturated heterocycles. The van der Waals surface area contributed by atoms with Gasteiger partial charge in [-0.15, -0.1) is 11.6 Å². The number of pyridine rings is 1. The van der Waals surface area contributed by atoms with Gasteiger partial charge in [0.05, 0.1) is 18.2 Å². The summed E-state index contributed by atoms with van der Waals surface area (Å²) in [5.74, 6) is 0.831. The fourth-order valence-corrected chi connectivity index (χ4v) is 2.26. The van der Waals surface area contributed by atoms with Crippen molar-refractivity contribution in [2.45, 2.75) is 31.6 Å². The van der Waals surface area contributed by atoms with Crippen LogP contribution in [-0.2, 0) is 0 Å². The van der Waals surface area contributed by atoms with Crippen molar-refractivity contribution in [1.29, 1.82) is 0 Å². The van der Waals surface area contributed by atoms with Crippen LogP contribution in [0.25, 0.3) is 5.57 Å². The maximum absolute atomic E-state index is 6.13. The molecule has 1 atom stereocenters. The van der Waals surface area contributed by atoms with E-state index in [1.165, 1.54) is 5.57 Å². The van der Waals surface area contributed by atoms with Gasteiger partial charge in [-0.05, 0) is 43.4 Å². The molecule has 3 heteroatoms. The van der Waals surface area contributed by atoms with Crippen LogP contribution in [0.3, 0.4) is 0 Å².